The van der Waals surface area contributed by atoms with Gasteiger partial charge in [-0.2, -0.15) is 0 Å². The lowest BCUT2D eigenvalue weighted by molar-refractivity contribution is -0.121. The molecule has 1 aromatic carbocycles. The average Bonchev–Trinajstić information content (AvgIpc) is 2.47. The molecule has 1 atom stereocenters. The van der Waals surface area contributed by atoms with E-state index in [1.807, 2.05) is 45.0 Å². The standard InChI is InChI=1S/C16H24N2O2/c1-4-12(3)18-16(20)10-11-17-14-8-6-13(7-9-14)15(19)5-2/h6-9,12,17H,4-5,10-11H2,1-3H3,(H,18,20). The van der Waals surface area contributed by atoms with Gasteiger partial charge in [0.15, 0.2) is 5.78 Å². The number of rotatable bonds is 8. The monoisotopic (exact) mass is 276 g/mol. The van der Waals surface area contributed by atoms with Crippen molar-refractivity contribution in [1.29, 1.82) is 0 Å². The van der Waals surface area contributed by atoms with Gasteiger partial charge in [-0.1, -0.05) is 13.8 Å². The van der Waals surface area contributed by atoms with E-state index in [-0.39, 0.29) is 17.7 Å². The lowest BCUT2D eigenvalue weighted by Gasteiger charge is -2.12. The summed E-state index contributed by atoms with van der Waals surface area (Å²) in [5.41, 5.74) is 1.65. The molecule has 0 saturated carbocycles. The van der Waals surface area contributed by atoms with E-state index in [4.69, 9.17) is 0 Å². The molecule has 1 rings (SSSR count). The third-order valence-corrected chi connectivity index (χ3v) is 3.23. The molecule has 0 radical (unpaired) electrons. The normalized spacial score (nSPS) is 11.8. The van der Waals surface area contributed by atoms with Crippen LogP contribution in [0.1, 0.15) is 50.4 Å². The van der Waals surface area contributed by atoms with Crippen molar-refractivity contribution in [1.82, 2.24) is 5.32 Å². The Morgan fingerprint density at radius 1 is 1.15 bits per heavy atom. The number of hydrogen-bond donors (Lipinski definition) is 2. The van der Waals surface area contributed by atoms with Gasteiger partial charge in [0, 0.05) is 36.7 Å². The maximum atomic E-state index is 11.6. The Morgan fingerprint density at radius 3 is 2.35 bits per heavy atom. The molecule has 0 saturated heterocycles. The summed E-state index contributed by atoms with van der Waals surface area (Å²) in [6.07, 6.45) is 1.90. The molecule has 2 N–H and O–H groups in total. The van der Waals surface area contributed by atoms with Crippen molar-refractivity contribution in [3.63, 3.8) is 0 Å². The third-order valence-electron chi connectivity index (χ3n) is 3.23. The van der Waals surface area contributed by atoms with Crippen molar-refractivity contribution in [2.45, 2.75) is 46.1 Å². The molecule has 0 aromatic heterocycles. The van der Waals surface area contributed by atoms with Gasteiger partial charge in [-0.25, -0.2) is 0 Å². The highest BCUT2D eigenvalue weighted by atomic mass is 16.1. The molecule has 0 aliphatic carbocycles. The first-order valence-corrected chi connectivity index (χ1v) is 7.23. The minimum absolute atomic E-state index is 0.0598. The van der Waals surface area contributed by atoms with Gasteiger partial charge in [-0.15, -0.1) is 0 Å². The second kappa shape index (κ2) is 8.35. The number of anilines is 1. The van der Waals surface area contributed by atoms with Crippen LogP contribution < -0.4 is 10.6 Å². The zero-order chi connectivity index (χ0) is 15.0. The van der Waals surface area contributed by atoms with Gasteiger partial charge in [-0.3, -0.25) is 9.59 Å². The van der Waals surface area contributed by atoms with Crippen LogP contribution in [0.3, 0.4) is 0 Å². The SMILES string of the molecule is CCC(=O)c1ccc(NCCC(=O)NC(C)CC)cc1. The molecule has 4 nitrogen and oxygen atoms in total. The molecular formula is C16H24N2O2. The first-order chi connectivity index (χ1) is 9.56. The zero-order valence-electron chi connectivity index (χ0n) is 12.5. The van der Waals surface area contributed by atoms with Crippen molar-refractivity contribution >= 4 is 17.4 Å². The second-order valence-electron chi connectivity index (χ2n) is 4.91. The molecule has 1 aromatic rings. The molecule has 1 amide bonds. The third kappa shape index (κ3) is 5.43. The fourth-order valence-corrected chi connectivity index (χ4v) is 1.75. The predicted octanol–water partition coefficient (Wildman–Crippen LogP) is 3.00. The van der Waals surface area contributed by atoms with Crippen LogP contribution in [0.2, 0.25) is 0 Å². The van der Waals surface area contributed by atoms with Gasteiger partial charge in [-0.05, 0) is 37.6 Å². The lowest BCUT2D eigenvalue weighted by Crippen LogP contribution is -2.32. The van der Waals surface area contributed by atoms with Crippen LogP contribution in [0, 0.1) is 0 Å². The van der Waals surface area contributed by atoms with Gasteiger partial charge in [0.25, 0.3) is 0 Å². The van der Waals surface area contributed by atoms with Gasteiger partial charge in [0.05, 0.1) is 0 Å². The van der Waals surface area contributed by atoms with Crippen LogP contribution in [-0.4, -0.2) is 24.3 Å². The van der Waals surface area contributed by atoms with Crippen LogP contribution in [0.5, 0.6) is 0 Å². The van der Waals surface area contributed by atoms with E-state index in [9.17, 15) is 9.59 Å². The molecule has 0 bridgehead atoms. The van der Waals surface area contributed by atoms with E-state index < -0.39 is 0 Å². The second-order valence-corrected chi connectivity index (χ2v) is 4.91. The Labute approximate surface area is 121 Å². The summed E-state index contributed by atoms with van der Waals surface area (Å²) in [6, 6.07) is 7.59. The molecular weight excluding hydrogens is 252 g/mol. The molecule has 110 valence electrons. The lowest BCUT2D eigenvalue weighted by atomic mass is 10.1. The Balaban J connectivity index is 2.35. The van der Waals surface area contributed by atoms with Crippen LogP contribution in [-0.2, 0) is 4.79 Å². The quantitative estimate of drug-likeness (QED) is 0.718. The van der Waals surface area contributed by atoms with E-state index >= 15 is 0 Å². The smallest absolute Gasteiger partial charge is 0.221 e. The van der Waals surface area contributed by atoms with Crippen molar-refractivity contribution < 1.29 is 9.59 Å². The number of hydrogen-bond acceptors (Lipinski definition) is 3. The van der Waals surface area contributed by atoms with Crippen LogP contribution >= 0.6 is 0 Å². The Morgan fingerprint density at radius 2 is 1.80 bits per heavy atom. The summed E-state index contributed by atoms with van der Waals surface area (Å²) in [5, 5.41) is 6.10. The molecule has 0 aliphatic heterocycles. The molecule has 0 fully saturated rings. The van der Waals surface area contributed by atoms with Gasteiger partial charge in [0.2, 0.25) is 5.91 Å². The number of Topliss-reactive ketones (excluding diaryl/α,β-unsaturated/α-hetero) is 1. The van der Waals surface area contributed by atoms with Gasteiger partial charge >= 0.3 is 0 Å². The average molecular weight is 276 g/mol. The molecule has 20 heavy (non-hydrogen) atoms. The number of amides is 1. The Bertz CT molecular complexity index is 440. The van der Waals surface area contributed by atoms with Crippen molar-refractivity contribution in [2.24, 2.45) is 0 Å². The first kappa shape index (κ1) is 16.2. The molecule has 1 unspecified atom stereocenters. The van der Waals surface area contributed by atoms with Crippen molar-refractivity contribution in [3.05, 3.63) is 29.8 Å². The van der Waals surface area contributed by atoms with E-state index in [1.54, 1.807) is 0 Å². The molecule has 0 heterocycles. The van der Waals surface area contributed by atoms with E-state index in [0.29, 0.717) is 19.4 Å². The summed E-state index contributed by atoms with van der Waals surface area (Å²) < 4.78 is 0. The number of carbonyl (C=O) groups is 2. The van der Waals surface area contributed by atoms with Crippen LogP contribution in [0.4, 0.5) is 5.69 Å². The van der Waals surface area contributed by atoms with Gasteiger partial charge < -0.3 is 10.6 Å². The highest BCUT2D eigenvalue weighted by molar-refractivity contribution is 5.96. The minimum Gasteiger partial charge on any atom is -0.385 e. The maximum Gasteiger partial charge on any atom is 0.221 e. The summed E-state index contributed by atoms with van der Waals surface area (Å²) in [5.74, 6) is 0.203. The molecule has 0 spiro atoms. The largest absolute Gasteiger partial charge is 0.385 e. The summed E-state index contributed by atoms with van der Waals surface area (Å²) in [7, 11) is 0. The topological polar surface area (TPSA) is 58.2 Å². The fraction of sp³-hybridized carbons (Fsp3) is 0.500. The summed E-state index contributed by atoms with van der Waals surface area (Å²) >= 11 is 0. The fourth-order valence-electron chi connectivity index (χ4n) is 1.75. The Hall–Kier alpha value is -1.84. The van der Waals surface area contributed by atoms with Crippen LogP contribution in [0.25, 0.3) is 0 Å². The highest BCUT2D eigenvalue weighted by Crippen LogP contribution is 2.11. The predicted molar refractivity (Wildman–Crippen MR) is 82.1 cm³/mol. The Kier molecular flexibility index (Phi) is 6.77. The minimum atomic E-state index is 0.0598. The summed E-state index contributed by atoms with van der Waals surface area (Å²) in [6.45, 7) is 6.48. The molecule has 0 aliphatic rings. The maximum absolute atomic E-state index is 11.6. The number of nitrogens with one attached hydrogen (secondary N) is 2. The summed E-state index contributed by atoms with van der Waals surface area (Å²) in [4.78, 5) is 23.1. The zero-order valence-corrected chi connectivity index (χ0v) is 12.5. The van der Waals surface area contributed by atoms with Crippen molar-refractivity contribution in [2.75, 3.05) is 11.9 Å². The molecule has 4 heteroatoms. The van der Waals surface area contributed by atoms with Crippen LogP contribution in [0.15, 0.2) is 24.3 Å². The van der Waals surface area contributed by atoms with Gasteiger partial charge in [0.1, 0.15) is 0 Å². The van der Waals surface area contributed by atoms with E-state index in [0.717, 1.165) is 17.7 Å². The van der Waals surface area contributed by atoms with Crippen molar-refractivity contribution in [3.8, 4) is 0 Å². The number of benzene rings is 1. The highest BCUT2D eigenvalue weighted by Gasteiger charge is 2.05. The number of ketones is 1. The number of carbonyl (C=O) groups excluding carboxylic acids is 2. The first-order valence-electron chi connectivity index (χ1n) is 7.23. The van der Waals surface area contributed by atoms with E-state index in [2.05, 4.69) is 10.6 Å². The van der Waals surface area contributed by atoms with E-state index in [1.165, 1.54) is 0 Å².